The second-order valence-electron chi connectivity index (χ2n) is 16.3. The van der Waals surface area contributed by atoms with E-state index in [0.717, 1.165) is 12.8 Å². The van der Waals surface area contributed by atoms with E-state index in [1.165, 1.54) is 17.0 Å². The van der Waals surface area contributed by atoms with Gasteiger partial charge < -0.3 is 26.6 Å². The van der Waals surface area contributed by atoms with E-state index >= 15 is 0 Å². The number of piperidine rings is 1. The van der Waals surface area contributed by atoms with Crippen LogP contribution in [0.3, 0.4) is 0 Å². The van der Waals surface area contributed by atoms with Crippen LogP contribution in [0.2, 0.25) is 0 Å². The molecule has 2 aliphatic carbocycles. The number of benzene rings is 1. The van der Waals surface area contributed by atoms with Crippen LogP contribution in [0.1, 0.15) is 74.7 Å². The van der Waals surface area contributed by atoms with Gasteiger partial charge in [-0.05, 0) is 52.6 Å². The molecule has 47 heavy (non-hydrogen) atoms. The first-order valence-electron chi connectivity index (χ1n) is 16.3. The first-order valence-corrected chi connectivity index (χ1v) is 18.0. The number of fused-ring (bicyclic) bond motifs is 1. The average molecular weight is 674 g/mol. The third-order valence-electron chi connectivity index (χ3n) is 10.1. The van der Waals surface area contributed by atoms with E-state index in [2.05, 4.69) is 16.0 Å². The van der Waals surface area contributed by atoms with Gasteiger partial charge in [0.1, 0.15) is 12.1 Å². The summed E-state index contributed by atoms with van der Waals surface area (Å²) in [4.78, 5) is 67.7. The van der Waals surface area contributed by atoms with Gasteiger partial charge in [0.05, 0.1) is 16.7 Å². The Bertz CT molecular complexity index is 1510. The number of hydrogen-bond donors (Lipinski definition) is 4. The number of nitrogens with two attached hydrogens (primary N) is 1. The van der Waals surface area contributed by atoms with Crippen molar-refractivity contribution in [1.29, 1.82) is 0 Å². The molecule has 1 saturated heterocycles. The van der Waals surface area contributed by atoms with E-state index in [1.54, 1.807) is 39.0 Å². The number of Topliss-reactive ketones (excluding diaryl/α,β-unsaturated/α-hetero) is 1. The number of primary amides is 1. The Balaban J connectivity index is 1.54. The standard InChI is InChI=1S/C34H51N5O7S/c1-32(2,3)23(18-47(45,46)20-12-10-9-11-13-20)37-31(44)38-27(33(4,5)6)30(43)39-17-21-24(34(21,7)8)25(39)29(42)36-22(16-19-14-15-19)26(40)28(35)41/h9-13,19,21-25,27H,14-18H2,1-8H3,(H2,35,41)(H,36,42)(H2,37,38,44)/t21?,22?,23?,24?,25-,27+/m0/s1. The van der Waals surface area contributed by atoms with Crippen LogP contribution < -0.4 is 21.7 Å². The molecule has 3 aliphatic rings. The molecule has 12 nitrogen and oxygen atoms in total. The van der Waals surface area contributed by atoms with Crippen LogP contribution in [0, 0.1) is 34.0 Å². The maximum Gasteiger partial charge on any atom is 0.315 e. The highest BCUT2D eigenvalue weighted by Gasteiger charge is 2.70. The average Bonchev–Trinajstić information content (AvgIpc) is 3.81. The summed E-state index contributed by atoms with van der Waals surface area (Å²) < 4.78 is 26.4. The fourth-order valence-electron chi connectivity index (χ4n) is 6.76. The second kappa shape index (κ2) is 12.9. The zero-order valence-corrected chi connectivity index (χ0v) is 29.6. The molecule has 5 amide bonds. The van der Waals surface area contributed by atoms with Crippen molar-refractivity contribution in [2.75, 3.05) is 12.3 Å². The van der Waals surface area contributed by atoms with Crippen LogP contribution in [0.4, 0.5) is 4.79 Å². The summed E-state index contributed by atoms with van der Waals surface area (Å²) in [7, 11) is -3.74. The van der Waals surface area contributed by atoms with Gasteiger partial charge >= 0.3 is 6.03 Å². The lowest BCUT2D eigenvalue weighted by Crippen LogP contribution is -2.62. The Labute approximate surface area is 278 Å². The number of carbonyl (C=O) groups excluding carboxylic acids is 5. The van der Waals surface area contributed by atoms with Crippen molar-refractivity contribution in [3.05, 3.63) is 30.3 Å². The van der Waals surface area contributed by atoms with Crippen molar-refractivity contribution >= 4 is 39.4 Å². The summed E-state index contributed by atoms with van der Waals surface area (Å²) >= 11 is 0. The largest absolute Gasteiger partial charge is 0.363 e. The fourth-order valence-corrected chi connectivity index (χ4v) is 8.54. The van der Waals surface area contributed by atoms with Gasteiger partial charge in [-0.3, -0.25) is 19.2 Å². The fraction of sp³-hybridized carbons (Fsp3) is 0.676. The number of ketones is 1. The number of rotatable bonds is 12. The van der Waals surface area contributed by atoms with Crippen LogP contribution >= 0.6 is 0 Å². The first kappa shape index (κ1) is 36.4. The van der Waals surface area contributed by atoms with Crippen LogP contribution in [0.15, 0.2) is 35.2 Å². The minimum absolute atomic E-state index is 0.0406. The summed E-state index contributed by atoms with van der Waals surface area (Å²) in [6, 6.07) is 3.48. The van der Waals surface area contributed by atoms with Gasteiger partial charge in [0.2, 0.25) is 17.6 Å². The van der Waals surface area contributed by atoms with Gasteiger partial charge in [-0.25, -0.2) is 13.2 Å². The molecule has 2 saturated carbocycles. The Hall–Kier alpha value is -3.48. The molecule has 6 atom stereocenters. The third kappa shape index (κ3) is 8.16. The predicted molar refractivity (Wildman–Crippen MR) is 176 cm³/mol. The van der Waals surface area contributed by atoms with E-state index in [-0.39, 0.29) is 33.8 Å². The van der Waals surface area contributed by atoms with Crippen molar-refractivity contribution < 1.29 is 32.4 Å². The number of urea groups is 1. The third-order valence-corrected chi connectivity index (χ3v) is 11.9. The van der Waals surface area contributed by atoms with Crippen LogP contribution in [-0.4, -0.2) is 79.3 Å². The molecule has 1 aromatic carbocycles. The molecule has 5 N–H and O–H groups in total. The van der Waals surface area contributed by atoms with Crippen molar-refractivity contribution in [3.63, 3.8) is 0 Å². The minimum atomic E-state index is -3.74. The summed E-state index contributed by atoms with van der Waals surface area (Å²) in [6.45, 7) is 15.2. The van der Waals surface area contributed by atoms with Crippen molar-refractivity contribution in [2.45, 2.75) is 104 Å². The lowest BCUT2D eigenvalue weighted by Gasteiger charge is -2.38. The zero-order valence-electron chi connectivity index (χ0n) is 28.8. The van der Waals surface area contributed by atoms with Crippen molar-refractivity contribution in [2.24, 2.45) is 39.7 Å². The molecular formula is C34H51N5O7S. The molecule has 1 heterocycles. The van der Waals surface area contributed by atoms with Crippen molar-refractivity contribution in [1.82, 2.24) is 20.9 Å². The minimum Gasteiger partial charge on any atom is -0.363 e. The molecule has 260 valence electrons. The van der Waals surface area contributed by atoms with Crippen molar-refractivity contribution in [3.8, 4) is 0 Å². The number of sulfone groups is 1. The van der Waals surface area contributed by atoms with E-state index < -0.39 is 74.4 Å². The number of amides is 5. The van der Waals surface area contributed by atoms with E-state index in [0.29, 0.717) is 13.0 Å². The maximum atomic E-state index is 14.3. The van der Waals surface area contributed by atoms with E-state index in [9.17, 15) is 32.4 Å². The molecular weight excluding hydrogens is 622 g/mol. The Kier molecular flexibility index (Phi) is 9.94. The molecule has 0 radical (unpaired) electrons. The SMILES string of the molecule is CC(C)(C)C(CS(=O)(=O)c1ccccc1)NC(=O)N[C@H](C(=O)N1CC2C([C@H]1C(=O)NC(CC1CC1)C(=O)C(N)=O)C2(C)C)C(C)(C)C. The van der Waals surface area contributed by atoms with Gasteiger partial charge in [0.25, 0.3) is 5.91 Å². The monoisotopic (exact) mass is 673 g/mol. The summed E-state index contributed by atoms with van der Waals surface area (Å²) in [5.41, 5.74) is 3.64. The smallest absolute Gasteiger partial charge is 0.315 e. The lowest BCUT2D eigenvalue weighted by atomic mass is 9.85. The number of nitrogens with zero attached hydrogens (tertiary/aromatic N) is 1. The zero-order chi connectivity index (χ0) is 35.3. The first-order chi connectivity index (χ1) is 21.6. The molecule has 4 rings (SSSR count). The second-order valence-corrected chi connectivity index (χ2v) is 18.3. The van der Waals surface area contributed by atoms with Gasteiger partial charge in [-0.15, -0.1) is 0 Å². The molecule has 0 aromatic heterocycles. The highest BCUT2D eigenvalue weighted by Crippen LogP contribution is 2.65. The molecule has 4 unspecified atom stereocenters. The number of carbonyl (C=O) groups is 5. The Morgan fingerprint density at radius 1 is 0.936 bits per heavy atom. The van der Waals surface area contributed by atoms with E-state index in [1.807, 2.05) is 34.6 Å². The van der Waals surface area contributed by atoms with Gasteiger partial charge in [0.15, 0.2) is 9.84 Å². The quantitative estimate of drug-likeness (QED) is 0.246. The molecule has 13 heteroatoms. The summed E-state index contributed by atoms with van der Waals surface area (Å²) in [5.74, 6) is -3.20. The van der Waals surface area contributed by atoms with Gasteiger partial charge in [0, 0.05) is 12.6 Å². The molecule has 0 spiro atoms. The number of likely N-dealkylation sites (tertiary alicyclic amines) is 1. The molecule has 1 aromatic rings. The Morgan fingerprint density at radius 3 is 2.04 bits per heavy atom. The lowest BCUT2D eigenvalue weighted by molar-refractivity contribution is -0.145. The predicted octanol–water partition coefficient (Wildman–Crippen LogP) is 2.41. The molecule has 3 fully saturated rings. The molecule has 1 aliphatic heterocycles. The van der Waals surface area contributed by atoms with Crippen LogP contribution in [-0.2, 0) is 29.0 Å². The topological polar surface area (TPSA) is 185 Å². The Morgan fingerprint density at radius 2 is 1.53 bits per heavy atom. The normalized spacial score (nSPS) is 23.9. The van der Waals surface area contributed by atoms with Gasteiger partial charge in [-0.2, -0.15) is 0 Å². The number of hydrogen-bond acceptors (Lipinski definition) is 7. The van der Waals surface area contributed by atoms with E-state index in [4.69, 9.17) is 5.73 Å². The van der Waals surface area contributed by atoms with Crippen LogP contribution in [0.25, 0.3) is 0 Å². The molecule has 0 bridgehead atoms. The maximum absolute atomic E-state index is 14.3. The highest BCUT2D eigenvalue weighted by atomic mass is 32.2. The van der Waals surface area contributed by atoms with Crippen LogP contribution in [0.5, 0.6) is 0 Å². The summed E-state index contributed by atoms with van der Waals surface area (Å²) in [6.07, 6.45) is 2.12. The number of nitrogens with one attached hydrogen (secondary N) is 3. The van der Waals surface area contributed by atoms with Gasteiger partial charge in [-0.1, -0.05) is 86.4 Å². The highest BCUT2D eigenvalue weighted by molar-refractivity contribution is 7.91. The summed E-state index contributed by atoms with van der Waals surface area (Å²) in [5, 5.41) is 8.35.